The maximum absolute atomic E-state index is 13.3. The van der Waals surface area contributed by atoms with E-state index in [0.29, 0.717) is 11.3 Å². The number of hydrogen-bond acceptors (Lipinski definition) is 4. The Morgan fingerprint density at radius 3 is 2.21 bits per heavy atom. The van der Waals surface area contributed by atoms with Crippen molar-refractivity contribution in [1.29, 1.82) is 5.26 Å². The number of nitriles is 1. The van der Waals surface area contributed by atoms with E-state index >= 15 is 0 Å². The topological polar surface area (TPSA) is 74.9 Å². The first-order valence-electron chi connectivity index (χ1n) is 8.06. The first kappa shape index (κ1) is 19.2. The van der Waals surface area contributed by atoms with Crippen molar-refractivity contribution in [2.45, 2.75) is 0 Å². The Morgan fingerprint density at radius 2 is 1.68 bits per heavy atom. The Hall–Kier alpha value is -3.57. The molecule has 3 rings (SSSR count). The highest BCUT2D eigenvalue weighted by atomic mass is 32.1. The molecule has 1 N–H and O–H groups in total. The van der Waals surface area contributed by atoms with Crippen LogP contribution < -0.4 is 20.1 Å². The van der Waals surface area contributed by atoms with Crippen LogP contribution in [-0.4, -0.2) is 17.5 Å². The largest absolute Gasteiger partial charge is 0.354 e. The monoisotopic (exact) mass is 397 g/mol. The van der Waals surface area contributed by atoms with E-state index < -0.39 is 23.1 Å². The first-order chi connectivity index (χ1) is 13.4. The van der Waals surface area contributed by atoms with Gasteiger partial charge in [-0.15, -0.1) is 11.3 Å². The Bertz CT molecular complexity index is 1250. The van der Waals surface area contributed by atoms with Gasteiger partial charge in [-0.05, 0) is 48.0 Å². The van der Waals surface area contributed by atoms with Gasteiger partial charge in [0.25, 0.3) is 11.5 Å². The molecule has 1 amide bonds. The Labute approximate surface area is 162 Å². The zero-order valence-electron chi connectivity index (χ0n) is 14.6. The van der Waals surface area contributed by atoms with Crippen LogP contribution in [0.3, 0.4) is 0 Å². The Balaban J connectivity index is 2.39. The molecule has 0 atom stereocenters. The van der Waals surface area contributed by atoms with E-state index in [0.717, 1.165) is 11.3 Å². The summed E-state index contributed by atoms with van der Waals surface area (Å²) in [5.41, 5.74) is 0.171. The molecule has 1 aromatic heterocycles. The van der Waals surface area contributed by atoms with E-state index in [2.05, 4.69) is 5.32 Å². The van der Waals surface area contributed by atoms with Gasteiger partial charge in [0, 0.05) is 7.05 Å². The van der Waals surface area contributed by atoms with Crippen LogP contribution in [-0.2, 0) is 4.79 Å². The standard InChI is InChI=1S/C20H13F2N3O2S/c1-24-18(26)16(11-23)20-25(15-8-6-14(22)7-9-15)19(27)17(28-20)10-12-2-4-13(21)5-3-12/h2-10H,1H3,(H,24,26). The number of thiazole rings is 1. The van der Waals surface area contributed by atoms with E-state index in [1.54, 1.807) is 0 Å². The SMILES string of the molecule is CNC(=O)C(C#N)=c1sc(=Cc2ccc(F)cc2)c(=O)n1-c1ccc(F)cc1. The molecule has 28 heavy (non-hydrogen) atoms. The second kappa shape index (κ2) is 7.98. The number of amides is 1. The normalized spacial score (nSPS) is 12.4. The summed E-state index contributed by atoms with van der Waals surface area (Å²) in [5.74, 6) is -1.54. The fourth-order valence-electron chi connectivity index (χ4n) is 2.51. The van der Waals surface area contributed by atoms with Crippen molar-refractivity contribution in [1.82, 2.24) is 9.88 Å². The minimum atomic E-state index is -0.645. The van der Waals surface area contributed by atoms with Crippen LogP contribution in [0, 0.1) is 23.0 Å². The van der Waals surface area contributed by atoms with E-state index in [9.17, 15) is 23.6 Å². The molecule has 5 nitrogen and oxygen atoms in total. The highest BCUT2D eigenvalue weighted by Gasteiger charge is 2.16. The highest BCUT2D eigenvalue weighted by Crippen LogP contribution is 2.07. The lowest BCUT2D eigenvalue weighted by atomic mass is 10.2. The lowest BCUT2D eigenvalue weighted by Gasteiger charge is -2.03. The van der Waals surface area contributed by atoms with Gasteiger partial charge in [-0.25, -0.2) is 8.78 Å². The fraction of sp³-hybridized carbons (Fsp3) is 0.0500. The second-order valence-corrected chi connectivity index (χ2v) is 6.68. The molecule has 140 valence electrons. The van der Waals surface area contributed by atoms with Gasteiger partial charge in [-0.3, -0.25) is 14.2 Å². The molecule has 0 aliphatic rings. The van der Waals surface area contributed by atoms with Crippen molar-refractivity contribution in [3.8, 4) is 11.8 Å². The van der Waals surface area contributed by atoms with Crippen LogP contribution in [0.25, 0.3) is 17.3 Å². The van der Waals surface area contributed by atoms with Crippen LogP contribution >= 0.6 is 11.3 Å². The van der Waals surface area contributed by atoms with Crippen molar-refractivity contribution in [2.75, 3.05) is 7.05 Å². The number of carbonyl (C=O) groups is 1. The number of rotatable bonds is 3. The number of benzene rings is 2. The number of aromatic nitrogens is 1. The molecule has 0 unspecified atom stereocenters. The van der Waals surface area contributed by atoms with Gasteiger partial charge < -0.3 is 5.32 Å². The predicted molar refractivity (Wildman–Crippen MR) is 102 cm³/mol. The molecule has 0 radical (unpaired) electrons. The minimum absolute atomic E-state index is 0.117. The molecule has 1 heterocycles. The molecule has 0 saturated carbocycles. The van der Waals surface area contributed by atoms with E-state index in [-0.39, 0.29) is 14.8 Å². The predicted octanol–water partition coefficient (Wildman–Crippen LogP) is 1.43. The summed E-state index contributed by atoms with van der Waals surface area (Å²) in [6, 6.07) is 12.5. The molecule has 0 saturated heterocycles. The van der Waals surface area contributed by atoms with E-state index in [1.807, 2.05) is 6.07 Å². The van der Waals surface area contributed by atoms with Gasteiger partial charge in [0.2, 0.25) is 0 Å². The van der Waals surface area contributed by atoms with E-state index in [4.69, 9.17) is 0 Å². The zero-order chi connectivity index (χ0) is 20.3. The third-order valence-electron chi connectivity index (χ3n) is 3.86. The van der Waals surface area contributed by atoms with Crippen molar-refractivity contribution in [3.63, 3.8) is 0 Å². The van der Waals surface area contributed by atoms with Gasteiger partial charge in [-0.2, -0.15) is 5.26 Å². The van der Waals surface area contributed by atoms with E-state index in [1.165, 1.54) is 66.2 Å². The number of nitrogens with zero attached hydrogens (tertiary/aromatic N) is 2. The molecule has 0 bridgehead atoms. The van der Waals surface area contributed by atoms with Crippen molar-refractivity contribution < 1.29 is 13.6 Å². The Kier molecular flexibility index (Phi) is 5.47. The number of hydrogen-bond donors (Lipinski definition) is 1. The molecule has 0 aliphatic carbocycles. The number of nitrogens with one attached hydrogen (secondary N) is 1. The summed E-state index contributed by atoms with van der Waals surface area (Å²) < 4.78 is 28.0. The molecule has 0 spiro atoms. The Morgan fingerprint density at radius 1 is 1.11 bits per heavy atom. The molecular weight excluding hydrogens is 384 g/mol. The molecule has 8 heteroatoms. The maximum Gasteiger partial charge on any atom is 0.273 e. The quantitative estimate of drug-likeness (QED) is 0.727. The van der Waals surface area contributed by atoms with Crippen molar-refractivity contribution in [3.05, 3.63) is 85.3 Å². The zero-order valence-corrected chi connectivity index (χ0v) is 15.4. The van der Waals surface area contributed by atoms with Crippen molar-refractivity contribution in [2.24, 2.45) is 0 Å². The van der Waals surface area contributed by atoms with Gasteiger partial charge in [0.1, 0.15) is 22.4 Å². The minimum Gasteiger partial charge on any atom is -0.354 e. The first-order valence-corrected chi connectivity index (χ1v) is 8.88. The molecule has 0 aliphatic heterocycles. The summed E-state index contributed by atoms with van der Waals surface area (Å²) in [6.45, 7) is 0. The third kappa shape index (κ3) is 3.75. The molecule has 2 aromatic carbocycles. The average molecular weight is 397 g/mol. The molecule has 0 fully saturated rings. The lowest BCUT2D eigenvalue weighted by molar-refractivity contribution is -0.115. The summed E-state index contributed by atoms with van der Waals surface area (Å²) in [6.07, 6.45) is 1.54. The van der Waals surface area contributed by atoms with Crippen molar-refractivity contribution >= 4 is 28.9 Å². The maximum atomic E-state index is 13.3. The third-order valence-corrected chi connectivity index (χ3v) is 4.95. The van der Waals surface area contributed by atoms with Crippen LogP contribution in [0.1, 0.15) is 5.56 Å². The summed E-state index contributed by atoms with van der Waals surface area (Å²) in [5, 5.41) is 11.8. The second-order valence-electron chi connectivity index (χ2n) is 5.65. The van der Waals surface area contributed by atoms with Crippen LogP contribution in [0.4, 0.5) is 8.78 Å². The summed E-state index contributed by atoms with van der Waals surface area (Å²) >= 11 is 0.948. The van der Waals surface area contributed by atoms with Crippen LogP contribution in [0.15, 0.2) is 53.3 Å². The van der Waals surface area contributed by atoms with Gasteiger partial charge in [0.05, 0.1) is 10.2 Å². The van der Waals surface area contributed by atoms with Gasteiger partial charge >= 0.3 is 0 Å². The summed E-state index contributed by atoms with van der Waals surface area (Å²) in [7, 11) is 1.37. The highest BCUT2D eigenvalue weighted by molar-refractivity contribution is 7.07. The average Bonchev–Trinajstić information content (AvgIpc) is 3.00. The smallest absolute Gasteiger partial charge is 0.273 e. The molecule has 3 aromatic rings. The lowest BCUT2D eigenvalue weighted by Crippen LogP contribution is -2.33. The number of halogens is 2. The van der Waals surface area contributed by atoms with Gasteiger partial charge in [0.15, 0.2) is 5.57 Å². The van der Waals surface area contributed by atoms with Gasteiger partial charge in [-0.1, -0.05) is 12.1 Å². The van der Waals surface area contributed by atoms with Crippen LogP contribution in [0.2, 0.25) is 0 Å². The summed E-state index contributed by atoms with van der Waals surface area (Å²) in [4.78, 5) is 25.1. The fourth-order valence-corrected chi connectivity index (χ4v) is 3.61. The van der Waals surface area contributed by atoms with Crippen LogP contribution in [0.5, 0.6) is 0 Å². The molecular formula is C20H13F2N3O2S. The number of carbonyl (C=O) groups excluding carboxylic acids is 1.